The van der Waals surface area contributed by atoms with Crippen molar-refractivity contribution in [2.45, 2.75) is 38.1 Å². The highest BCUT2D eigenvalue weighted by Gasteiger charge is 2.37. The first-order valence-corrected chi connectivity index (χ1v) is 9.14. The average molecular weight is 304 g/mol. The van der Waals surface area contributed by atoms with E-state index in [0.717, 1.165) is 25.7 Å². The minimum absolute atomic E-state index is 0.0875. The summed E-state index contributed by atoms with van der Waals surface area (Å²) in [5.41, 5.74) is 0. The topological polar surface area (TPSA) is 77.9 Å². The van der Waals surface area contributed by atoms with Crippen molar-refractivity contribution in [1.82, 2.24) is 9.21 Å². The first kappa shape index (κ1) is 15.7. The van der Waals surface area contributed by atoms with E-state index in [4.69, 9.17) is 0 Å². The fourth-order valence-corrected chi connectivity index (χ4v) is 4.29. The fourth-order valence-electron chi connectivity index (χ4n) is 3.17. The lowest BCUT2D eigenvalue weighted by Gasteiger charge is -2.39. The number of nitrogens with zero attached hydrogens (tertiary/aromatic N) is 2. The second-order valence-electron chi connectivity index (χ2n) is 5.86. The maximum atomic E-state index is 12.6. The Morgan fingerprint density at radius 3 is 2.60 bits per heavy atom. The maximum Gasteiger partial charge on any atom is 0.241 e. The molecule has 2 aliphatic rings. The van der Waals surface area contributed by atoms with Crippen molar-refractivity contribution < 1.29 is 18.3 Å². The van der Waals surface area contributed by atoms with Crippen LogP contribution < -0.4 is 0 Å². The van der Waals surface area contributed by atoms with Gasteiger partial charge in [-0.3, -0.25) is 4.79 Å². The number of amides is 1. The van der Waals surface area contributed by atoms with Gasteiger partial charge in [-0.2, -0.15) is 4.31 Å². The van der Waals surface area contributed by atoms with Gasteiger partial charge in [0, 0.05) is 26.2 Å². The summed E-state index contributed by atoms with van der Waals surface area (Å²) < 4.78 is 25.0. The zero-order valence-electron chi connectivity index (χ0n) is 12.0. The number of piperidine rings is 2. The highest BCUT2D eigenvalue weighted by Crippen LogP contribution is 2.24. The van der Waals surface area contributed by atoms with Crippen LogP contribution in [0.25, 0.3) is 0 Å². The van der Waals surface area contributed by atoms with E-state index in [1.165, 1.54) is 10.6 Å². The van der Waals surface area contributed by atoms with Gasteiger partial charge in [0.25, 0.3) is 0 Å². The van der Waals surface area contributed by atoms with E-state index in [-0.39, 0.29) is 18.4 Å². The smallest absolute Gasteiger partial charge is 0.241 e. The van der Waals surface area contributed by atoms with Crippen LogP contribution in [-0.2, 0) is 14.8 Å². The van der Waals surface area contributed by atoms with E-state index < -0.39 is 16.1 Å². The molecule has 0 aromatic heterocycles. The normalized spacial score (nSPS) is 29.4. The van der Waals surface area contributed by atoms with E-state index in [1.54, 1.807) is 4.90 Å². The molecule has 2 saturated heterocycles. The number of hydrogen-bond acceptors (Lipinski definition) is 4. The molecule has 2 rings (SSSR count). The van der Waals surface area contributed by atoms with Crippen LogP contribution in [0, 0.1) is 5.92 Å². The van der Waals surface area contributed by atoms with Gasteiger partial charge in [0.15, 0.2) is 0 Å². The molecule has 0 aliphatic carbocycles. The van der Waals surface area contributed by atoms with Gasteiger partial charge in [0.1, 0.15) is 6.04 Å². The summed E-state index contributed by atoms with van der Waals surface area (Å²) in [5, 5.41) is 9.24. The predicted molar refractivity (Wildman–Crippen MR) is 75.6 cm³/mol. The molecule has 2 fully saturated rings. The Morgan fingerprint density at radius 2 is 1.95 bits per heavy atom. The highest BCUT2D eigenvalue weighted by atomic mass is 32.2. The summed E-state index contributed by atoms with van der Waals surface area (Å²) in [5.74, 6) is 0.0382. The second kappa shape index (κ2) is 6.41. The second-order valence-corrected chi connectivity index (χ2v) is 7.80. The van der Waals surface area contributed by atoms with Crippen molar-refractivity contribution in [2.75, 3.05) is 32.5 Å². The average Bonchev–Trinajstić information content (AvgIpc) is 2.45. The molecule has 0 aromatic carbocycles. The summed E-state index contributed by atoms with van der Waals surface area (Å²) >= 11 is 0. The van der Waals surface area contributed by atoms with Crippen LogP contribution >= 0.6 is 0 Å². The monoisotopic (exact) mass is 304 g/mol. The maximum absolute atomic E-state index is 12.6. The van der Waals surface area contributed by atoms with Gasteiger partial charge in [-0.05, 0) is 31.6 Å². The lowest BCUT2D eigenvalue weighted by molar-refractivity contribution is -0.138. The van der Waals surface area contributed by atoms with Gasteiger partial charge in [-0.25, -0.2) is 8.42 Å². The number of likely N-dealkylation sites (tertiary alicyclic amines) is 1. The van der Waals surface area contributed by atoms with Crippen molar-refractivity contribution in [2.24, 2.45) is 5.92 Å². The fraction of sp³-hybridized carbons (Fsp3) is 0.923. The minimum atomic E-state index is -3.34. The number of aliphatic hydroxyl groups is 1. The van der Waals surface area contributed by atoms with Crippen molar-refractivity contribution in [3.05, 3.63) is 0 Å². The summed E-state index contributed by atoms with van der Waals surface area (Å²) in [6.45, 7) is 1.74. The Hall–Kier alpha value is -0.660. The molecule has 1 amide bonds. The molecular formula is C13H24N2O4S. The molecule has 0 spiro atoms. The Morgan fingerprint density at radius 1 is 1.20 bits per heavy atom. The molecule has 2 heterocycles. The summed E-state index contributed by atoms with van der Waals surface area (Å²) in [7, 11) is -3.34. The minimum Gasteiger partial charge on any atom is -0.396 e. The molecule has 2 atom stereocenters. The molecule has 0 aromatic rings. The zero-order valence-corrected chi connectivity index (χ0v) is 12.8. The Kier molecular flexibility index (Phi) is 5.04. The molecule has 116 valence electrons. The molecule has 6 nitrogen and oxygen atoms in total. The molecular weight excluding hydrogens is 280 g/mol. The third-order valence-electron chi connectivity index (χ3n) is 4.25. The molecule has 0 radical (unpaired) electrons. The van der Waals surface area contributed by atoms with Crippen LogP contribution in [0.1, 0.15) is 32.1 Å². The van der Waals surface area contributed by atoms with Crippen molar-refractivity contribution in [3.63, 3.8) is 0 Å². The quantitative estimate of drug-likeness (QED) is 0.798. The van der Waals surface area contributed by atoms with Crippen molar-refractivity contribution >= 4 is 15.9 Å². The molecule has 2 unspecified atom stereocenters. The van der Waals surface area contributed by atoms with Crippen molar-refractivity contribution in [3.8, 4) is 0 Å². The highest BCUT2D eigenvalue weighted by molar-refractivity contribution is 7.88. The van der Waals surface area contributed by atoms with Crippen molar-refractivity contribution in [1.29, 1.82) is 0 Å². The lowest BCUT2D eigenvalue weighted by atomic mass is 9.97. The van der Waals surface area contributed by atoms with Gasteiger partial charge < -0.3 is 10.0 Å². The predicted octanol–water partition coefficient (Wildman–Crippen LogP) is 0.0314. The molecule has 0 bridgehead atoms. The van der Waals surface area contributed by atoms with Crippen LogP contribution in [0.5, 0.6) is 0 Å². The Bertz CT molecular complexity index is 451. The molecule has 20 heavy (non-hydrogen) atoms. The number of carbonyl (C=O) groups is 1. The van der Waals surface area contributed by atoms with Crippen LogP contribution in [0.3, 0.4) is 0 Å². The zero-order chi connectivity index (χ0) is 14.8. The summed E-state index contributed by atoms with van der Waals surface area (Å²) in [6, 6.07) is -0.545. The third-order valence-corrected chi connectivity index (χ3v) is 5.54. The molecule has 7 heteroatoms. The number of hydrogen-bond donors (Lipinski definition) is 1. The van der Waals surface area contributed by atoms with Crippen LogP contribution in [0.4, 0.5) is 0 Å². The molecule has 0 saturated carbocycles. The molecule has 1 N–H and O–H groups in total. The van der Waals surface area contributed by atoms with Crippen LogP contribution in [-0.4, -0.2) is 67.2 Å². The van der Waals surface area contributed by atoms with Crippen LogP contribution in [0.15, 0.2) is 0 Å². The van der Waals surface area contributed by atoms with Crippen LogP contribution in [0.2, 0.25) is 0 Å². The summed E-state index contributed by atoms with van der Waals surface area (Å²) in [6.07, 6.45) is 5.29. The van der Waals surface area contributed by atoms with Gasteiger partial charge in [-0.15, -0.1) is 0 Å². The number of sulfonamides is 1. The lowest BCUT2D eigenvalue weighted by Crippen LogP contribution is -2.54. The number of carbonyl (C=O) groups excluding carboxylic acids is 1. The van der Waals surface area contributed by atoms with Gasteiger partial charge in [-0.1, -0.05) is 6.42 Å². The van der Waals surface area contributed by atoms with E-state index in [9.17, 15) is 18.3 Å². The Labute approximate surface area is 120 Å². The standard InChI is InChI=1S/C13H24N2O4S/c1-20(18,19)15-8-3-2-6-12(15)13(17)14-7-4-5-11(9-14)10-16/h11-12,16H,2-10H2,1H3. The SMILES string of the molecule is CS(=O)(=O)N1CCCCC1C(=O)N1CCCC(CO)C1. The molecule has 2 aliphatic heterocycles. The van der Waals surface area contributed by atoms with E-state index in [0.29, 0.717) is 26.1 Å². The summed E-state index contributed by atoms with van der Waals surface area (Å²) in [4.78, 5) is 14.3. The van der Waals surface area contributed by atoms with Gasteiger partial charge in [0.2, 0.25) is 15.9 Å². The number of rotatable bonds is 3. The number of aliphatic hydroxyl groups excluding tert-OH is 1. The first-order valence-electron chi connectivity index (χ1n) is 7.30. The van der Waals surface area contributed by atoms with Gasteiger partial charge >= 0.3 is 0 Å². The largest absolute Gasteiger partial charge is 0.396 e. The third kappa shape index (κ3) is 3.51. The Balaban J connectivity index is 2.09. The van der Waals surface area contributed by atoms with E-state index in [1.807, 2.05) is 0 Å². The van der Waals surface area contributed by atoms with E-state index >= 15 is 0 Å². The first-order chi connectivity index (χ1) is 9.43. The van der Waals surface area contributed by atoms with Gasteiger partial charge in [0.05, 0.1) is 6.26 Å². The van der Waals surface area contributed by atoms with E-state index in [2.05, 4.69) is 0 Å².